The Bertz CT molecular complexity index is 407. The van der Waals surface area contributed by atoms with Crippen molar-refractivity contribution in [3.8, 4) is 0 Å². The standard InChI is InChI=1S/C11H9F3/c12-8-2-1-6(9(13)10(8)14)7-5-11(7)3-4-11/h1-2,7H,3-5H2. The fraction of sp³-hybridized carbons (Fsp3) is 0.455. The molecule has 2 fully saturated rings. The van der Waals surface area contributed by atoms with Crippen molar-refractivity contribution in [2.45, 2.75) is 25.2 Å². The van der Waals surface area contributed by atoms with E-state index in [1.165, 1.54) is 6.07 Å². The van der Waals surface area contributed by atoms with Crippen LogP contribution in [0.25, 0.3) is 0 Å². The molecule has 1 spiro atoms. The van der Waals surface area contributed by atoms with Crippen LogP contribution >= 0.6 is 0 Å². The van der Waals surface area contributed by atoms with Crippen molar-refractivity contribution in [3.05, 3.63) is 35.1 Å². The summed E-state index contributed by atoms with van der Waals surface area (Å²) in [5.74, 6) is -3.28. The Labute approximate surface area is 79.7 Å². The Kier molecular flexibility index (Phi) is 1.38. The first-order chi connectivity index (χ1) is 6.64. The highest BCUT2D eigenvalue weighted by atomic mass is 19.2. The highest BCUT2D eigenvalue weighted by molar-refractivity contribution is 5.35. The van der Waals surface area contributed by atoms with Crippen LogP contribution in [0.1, 0.15) is 30.7 Å². The smallest absolute Gasteiger partial charge is 0.194 e. The molecule has 0 heterocycles. The third kappa shape index (κ3) is 0.954. The lowest BCUT2D eigenvalue weighted by Crippen LogP contribution is -1.96. The Balaban J connectivity index is 2.02. The summed E-state index contributed by atoms with van der Waals surface area (Å²) >= 11 is 0. The molecule has 14 heavy (non-hydrogen) atoms. The largest absolute Gasteiger partial charge is 0.204 e. The second-order valence-electron chi connectivity index (χ2n) is 4.38. The van der Waals surface area contributed by atoms with Crippen molar-refractivity contribution in [2.75, 3.05) is 0 Å². The van der Waals surface area contributed by atoms with Crippen LogP contribution in [0, 0.1) is 22.9 Å². The molecule has 2 saturated carbocycles. The minimum Gasteiger partial charge on any atom is -0.204 e. The lowest BCUT2D eigenvalue weighted by molar-refractivity contribution is 0.440. The molecule has 2 aliphatic rings. The Morgan fingerprint density at radius 1 is 1.07 bits per heavy atom. The number of rotatable bonds is 1. The Morgan fingerprint density at radius 3 is 2.36 bits per heavy atom. The first-order valence-electron chi connectivity index (χ1n) is 4.77. The molecule has 0 bridgehead atoms. The van der Waals surface area contributed by atoms with Crippen molar-refractivity contribution in [3.63, 3.8) is 0 Å². The minimum atomic E-state index is -1.33. The second-order valence-corrected chi connectivity index (χ2v) is 4.38. The molecule has 0 saturated heterocycles. The first kappa shape index (κ1) is 8.33. The van der Waals surface area contributed by atoms with Crippen molar-refractivity contribution in [2.24, 2.45) is 5.41 Å². The lowest BCUT2D eigenvalue weighted by Gasteiger charge is -2.02. The van der Waals surface area contributed by atoms with E-state index in [0.717, 1.165) is 25.3 Å². The molecule has 1 aromatic carbocycles. The van der Waals surface area contributed by atoms with E-state index in [9.17, 15) is 13.2 Å². The van der Waals surface area contributed by atoms with Gasteiger partial charge in [0.1, 0.15) is 0 Å². The van der Waals surface area contributed by atoms with Gasteiger partial charge in [-0.15, -0.1) is 0 Å². The number of hydrogen-bond acceptors (Lipinski definition) is 0. The van der Waals surface area contributed by atoms with Crippen LogP contribution in [0.4, 0.5) is 13.2 Å². The van der Waals surface area contributed by atoms with Gasteiger partial charge < -0.3 is 0 Å². The zero-order chi connectivity index (χ0) is 9.92. The van der Waals surface area contributed by atoms with Crippen LogP contribution < -0.4 is 0 Å². The fourth-order valence-electron chi connectivity index (χ4n) is 2.31. The summed E-state index contributed by atoms with van der Waals surface area (Å²) in [5, 5.41) is 0. The van der Waals surface area contributed by atoms with Crippen LogP contribution in [0.3, 0.4) is 0 Å². The minimum absolute atomic E-state index is 0.137. The Morgan fingerprint density at radius 2 is 1.79 bits per heavy atom. The molecule has 0 N–H and O–H groups in total. The molecule has 0 amide bonds. The van der Waals surface area contributed by atoms with Crippen LogP contribution in [0.2, 0.25) is 0 Å². The van der Waals surface area contributed by atoms with Crippen LogP contribution in [0.15, 0.2) is 12.1 Å². The topological polar surface area (TPSA) is 0 Å². The van der Waals surface area contributed by atoms with Crippen molar-refractivity contribution < 1.29 is 13.2 Å². The molecule has 0 radical (unpaired) electrons. The number of hydrogen-bond donors (Lipinski definition) is 0. The van der Waals surface area contributed by atoms with Gasteiger partial charge in [0.05, 0.1) is 0 Å². The molecule has 3 heteroatoms. The molecule has 3 rings (SSSR count). The van der Waals surface area contributed by atoms with Crippen LogP contribution in [-0.2, 0) is 0 Å². The monoisotopic (exact) mass is 198 g/mol. The lowest BCUT2D eigenvalue weighted by atomic mass is 10.1. The van der Waals surface area contributed by atoms with Crippen molar-refractivity contribution in [1.29, 1.82) is 0 Å². The molecule has 2 aliphatic carbocycles. The maximum Gasteiger partial charge on any atom is 0.194 e. The summed E-state index contributed by atoms with van der Waals surface area (Å²) in [6, 6.07) is 2.40. The molecule has 74 valence electrons. The summed E-state index contributed by atoms with van der Waals surface area (Å²) in [4.78, 5) is 0. The average molecular weight is 198 g/mol. The molecular weight excluding hydrogens is 189 g/mol. The van der Waals surface area contributed by atoms with E-state index in [1.807, 2.05) is 0 Å². The first-order valence-corrected chi connectivity index (χ1v) is 4.77. The highest BCUT2D eigenvalue weighted by Crippen LogP contribution is 2.75. The van der Waals surface area contributed by atoms with Crippen molar-refractivity contribution >= 4 is 0 Å². The molecule has 0 aliphatic heterocycles. The van der Waals surface area contributed by atoms with E-state index in [2.05, 4.69) is 0 Å². The van der Waals surface area contributed by atoms with E-state index < -0.39 is 17.5 Å². The maximum absolute atomic E-state index is 13.3. The second kappa shape index (κ2) is 2.33. The van der Waals surface area contributed by atoms with Gasteiger partial charge in [-0.05, 0) is 42.2 Å². The third-order valence-corrected chi connectivity index (χ3v) is 3.52. The summed E-state index contributed by atoms with van der Waals surface area (Å²) < 4.78 is 38.8. The van der Waals surface area contributed by atoms with Gasteiger partial charge in [-0.2, -0.15) is 0 Å². The summed E-state index contributed by atoms with van der Waals surface area (Å²) in [6.07, 6.45) is 3.15. The van der Waals surface area contributed by atoms with E-state index in [1.54, 1.807) is 0 Å². The van der Waals surface area contributed by atoms with E-state index in [0.29, 0.717) is 5.56 Å². The van der Waals surface area contributed by atoms with Gasteiger partial charge in [-0.25, -0.2) is 13.2 Å². The Hall–Kier alpha value is -0.990. The van der Waals surface area contributed by atoms with Gasteiger partial charge in [0.25, 0.3) is 0 Å². The predicted octanol–water partition coefficient (Wildman–Crippen LogP) is 3.37. The van der Waals surface area contributed by atoms with E-state index in [4.69, 9.17) is 0 Å². The normalized spacial score (nSPS) is 26.6. The van der Waals surface area contributed by atoms with Gasteiger partial charge in [0.2, 0.25) is 0 Å². The van der Waals surface area contributed by atoms with Crippen LogP contribution in [-0.4, -0.2) is 0 Å². The zero-order valence-corrected chi connectivity index (χ0v) is 7.49. The fourth-order valence-corrected chi connectivity index (χ4v) is 2.31. The summed E-state index contributed by atoms with van der Waals surface area (Å²) in [6.45, 7) is 0. The number of benzene rings is 1. The van der Waals surface area contributed by atoms with Gasteiger partial charge in [0, 0.05) is 0 Å². The van der Waals surface area contributed by atoms with Crippen LogP contribution in [0.5, 0.6) is 0 Å². The average Bonchev–Trinajstić information content (AvgIpc) is 3.05. The van der Waals surface area contributed by atoms with E-state index >= 15 is 0 Å². The zero-order valence-electron chi connectivity index (χ0n) is 7.49. The molecule has 1 unspecified atom stereocenters. The van der Waals surface area contributed by atoms with Gasteiger partial charge in [0.15, 0.2) is 17.5 Å². The third-order valence-electron chi connectivity index (χ3n) is 3.52. The quantitative estimate of drug-likeness (QED) is 0.607. The van der Waals surface area contributed by atoms with Gasteiger partial charge >= 0.3 is 0 Å². The molecule has 0 aromatic heterocycles. The molecule has 1 atom stereocenters. The molecular formula is C11H9F3. The SMILES string of the molecule is Fc1ccc(C2CC23CC3)c(F)c1F. The summed E-state index contributed by atoms with van der Waals surface area (Å²) in [5.41, 5.74) is 0.631. The highest BCUT2D eigenvalue weighted by Gasteiger charge is 2.63. The van der Waals surface area contributed by atoms with Gasteiger partial charge in [-0.3, -0.25) is 0 Å². The summed E-state index contributed by atoms with van der Waals surface area (Å²) in [7, 11) is 0. The number of halogens is 3. The predicted molar refractivity (Wildman–Crippen MR) is 45.3 cm³/mol. The van der Waals surface area contributed by atoms with Crippen molar-refractivity contribution in [1.82, 2.24) is 0 Å². The van der Waals surface area contributed by atoms with E-state index in [-0.39, 0.29) is 11.3 Å². The molecule has 0 nitrogen and oxygen atoms in total. The van der Waals surface area contributed by atoms with Gasteiger partial charge in [-0.1, -0.05) is 6.07 Å². The maximum atomic E-state index is 13.3. The molecule has 1 aromatic rings.